The number of nitriles is 1. The Hall–Kier alpha value is -3.47. The van der Waals surface area contributed by atoms with Gasteiger partial charge in [-0.15, -0.1) is 0 Å². The van der Waals surface area contributed by atoms with E-state index in [-0.39, 0.29) is 12.1 Å². The van der Waals surface area contributed by atoms with E-state index in [1.165, 1.54) is 6.92 Å². The van der Waals surface area contributed by atoms with Crippen LogP contribution in [0.1, 0.15) is 30.3 Å². The minimum Gasteiger partial charge on any atom is -0.497 e. The number of hydrogen-bond donors (Lipinski definition) is 1. The van der Waals surface area contributed by atoms with Crippen LogP contribution in [-0.2, 0) is 20.7 Å². The number of carbonyl (C=O) groups is 2. The van der Waals surface area contributed by atoms with Gasteiger partial charge in [0.25, 0.3) is 0 Å². The summed E-state index contributed by atoms with van der Waals surface area (Å²) in [5, 5.41) is 20.9. The normalized spacial score (nSPS) is 11.4. The number of aryl methyl sites for hydroxylation is 1. The fourth-order valence-corrected chi connectivity index (χ4v) is 2.97. The molecule has 0 spiro atoms. The number of hydrogen-bond acceptors (Lipinski definition) is 7. The Morgan fingerprint density at radius 3 is 2.69 bits per heavy atom. The Labute approximate surface area is 169 Å². The lowest BCUT2D eigenvalue weighted by Crippen LogP contribution is -2.25. The van der Waals surface area contributed by atoms with E-state index < -0.39 is 24.3 Å². The highest BCUT2D eigenvalue weighted by molar-refractivity contribution is 6.05. The summed E-state index contributed by atoms with van der Waals surface area (Å²) in [6, 6.07) is 9.26. The van der Waals surface area contributed by atoms with E-state index in [1.807, 2.05) is 38.1 Å². The maximum absolute atomic E-state index is 12.0. The van der Waals surface area contributed by atoms with Gasteiger partial charge >= 0.3 is 5.97 Å². The lowest BCUT2D eigenvalue weighted by Gasteiger charge is -2.08. The Morgan fingerprint density at radius 2 is 2.07 bits per heavy atom. The van der Waals surface area contributed by atoms with Gasteiger partial charge in [-0.05, 0) is 44.9 Å². The van der Waals surface area contributed by atoms with Crippen LogP contribution in [0.5, 0.6) is 5.75 Å². The van der Waals surface area contributed by atoms with Crippen molar-refractivity contribution < 1.29 is 19.1 Å². The number of aromatic nitrogens is 2. The number of rotatable bonds is 9. The van der Waals surface area contributed by atoms with Crippen LogP contribution in [0.15, 0.2) is 24.3 Å². The van der Waals surface area contributed by atoms with Crippen LogP contribution in [0.4, 0.5) is 0 Å². The van der Waals surface area contributed by atoms with E-state index in [0.717, 1.165) is 28.4 Å². The Bertz CT molecular complexity index is 972. The van der Waals surface area contributed by atoms with Crippen molar-refractivity contribution in [3.8, 4) is 17.5 Å². The molecule has 0 unspecified atom stereocenters. The maximum atomic E-state index is 12.0. The molecule has 1 aromatic carbocycles. The molecule has 0 radical (unpaired) electrons. The quantitative estimate of drug-likeness (QED) is 0.514. The zero-order valence-electron chi connectivity index (χ0n) is 17.0. The van der Waals surface area contributed by atoms with E-state index in [0.29, 0.717) is 6.42 Å². The van der Waals surface area contributed by atoms with Crippen molar-refractivity contribution in [2.75, 3.05) is 13.7 Å². The van der Waals surface area contributed by atoms with Gasteiger partial charge in [0.05, 0.1) is 24.6 Å². The van der Waals surface area contributed by atoms with Crippen molar-refractivity contribution in [1.29, 1.82) is 10.7 Å². The van der Waals surface area contributed by atoms with Crippen molar-refractivity contribution in [3.63, 3.8) is 0 Å². The molecule has 1 heterocycles. The minimum absolute atomic E-state index is 0.0650. The summed E-state index contributed by atoms with van der Waals surface area (Å²) in [5.41, 5.74) is 3.43. The van der Waals surface area contributed by atoms with Crippen LogP contribution < -0.4 is 4.74 Å². The molecule has 29 heavy (non-hydrogen) atoms. The third kappa shape index (κ3) is 5.29. The predicted molar refractivity (Wildman–Crippen MR) is 106 cm³/mol. The van der Waals surface area contributed by atoms with E-state index >= 15 is 0 Å². The molecule has 1 atom stereocenters. The summed E-state index contributed by atoms with van der Waals surface area (Å²) < 4.78 is 12.0. The summed E-state index contributed by atoms with van der Waals surface area (Å²) in [6.07, 6.45) is 0.499. The molecule has 152 valence electrons. The largest absolute Gasteiger partial charge is 0.497 e. The highest BCUT2D eigenvalue weighted by atomic mass is 16.5. The summed E-state index contributed by atoms with van der Waals surface area (Å²) >= 11 is 0. The molecule has 0 aliphatic heterocycles. The van der Waals surface area contributed by atoms with Gasteiger partial charge in [0.2, 0.25) is 0 Å². The van der Waals surface area contributed by atoms with Crippen LogP contribution in [0.3, 0.4) is 0 Å². The highest BCUT2D eigenvalue weighted by Gasteiger charge is 2.22. The van der Waals surface area contributed by atoms with Crippen LogP contribution in [0.2, 0.25) is 0 Å². The van der Waals surface area contributed by atoms with Gasteiger partial charge in [0.15, 0.2) is 12.4 Å². The second-order valence-corrected chi connectivity index (χ2v) is 6.63. The third-order valence-electron chi connectivity index (χ3n) is 4.58. The second-order valence-electron chi connectivity index (χ2n) is 6.63. The second kappa shape index (κ2) is 9.64. The fourth-order valence-electron chi connectivity index (χ4n) is 2.97. The summed E-state index contributed by atoms with van der Waals surface area (Å²) in [6.45, 7) is 4.67. The summed E-state index contributed by atoms with van der Waals surface area (Å²) in [7, 11) is 1.60. The lowest BCUT2D eigenvalue weighted by atomic mass is 10.0. The highest BCUT2D eigenvalue weighted by Crippen LogP contribution is 2.22. The number of ether oxygens (including phenoxy) is 2. The Kier molecular flexibility index (Phi) is 7.26. The molecular formula is C21H24N4O4. The molecule has 0 saturated heterocycles. The molecule has 0 saturated carbocycles. The lowest BCUT2D eigenvalue weighted by molar-refractivity contribution is -0.148. The monoisotopic (exact) mass is 396 g/mol. The van der Waals surface area contributed by atoms with Gasteiger partial charge in [-0.3, -0.25) is 9.59 Å². The van der Waals surface area contributed by atoms with Crippen LogP contribution >= 0.6 is 0 Å². The Morgan fingerprint density at radius 1 is 1.34 bits per heavy atom. The zero-order valence-corrected chi connectivity index (χ0v) is 17.0. The maximum Gasteiger partial charge on any atom is 0.306 e. The smallest absolute Gasteiger partial charge is 0.306 e. The topological polar surface area (TPSA) is 118 Å². The predicted octanol–water partition coefficient (Wildman–Crippen LogP) is 2.72. The van der Waals surface area contributed by atoms with Gasteiger partial charge in [-0.1, -0.05) is 6.07 Å². The van der Waals surface area contributed by atoms with Crippen molar-refractivity contribution in [3.05, 3.63) is 41.2 Å². The van der Waals surface area contributed by atoms with Gasteiger partial charge in [-0.25, -0.2) is 4.68 Å². The molecule has 0 aliphatic carbocycles. The molecule has 8 heteroatoms. The summed E-state index contributed by atoms with van der Waals surface area (Å²) in [4.78, 5) is 23.9. The molecule has 2 rings (SSSR count). The SMILES string of the molecule is COc1cccc(-n2nc(C)c(CCC(=O)OCC(=O)[C@@H](C#N)C(C)=N)c2C)c1. The average Bonchev–Trinajstić information content (AvgIpc) is 2.98. The number of nitrogens with zero attached hydrogens (tertiary/aromatic N) is 3. The first kappa shape index (κ1) is 21.8. The number of carbonyl (C=O) groups excluding carboxylic acids is 2. The number of benzene rings is 1. The number of esters is 1. The molecule has 0 bridgehead atoms. The van der Waals surface area contributed by atoms with Gasteiger partial charge in [0, 0.05) is 23.9 Å². The van der Waals surface area contributed by atoms with Crippen LogP contribution in [0, 0.1) is 36.5 Å². The fraction of sp³-hybridized carbons (Fsp3) is 0.381. The van der Waals surface area contributed by atoms with E-state index in [2.05, 4.69) is 5.10 Å². The van der Waals surface area contributed by atoms with Crippen molar-refractivity contribution in [1.82, 2.24) is 9.78 Å². The van der Waals surface area contributed by atoms with Crippen LogP contribution in [0.25, 0.3) is 5.69 Å². The first-order chi connectivity index (χ1) is 13.8. The zero-order chi connectivity index (χ0) is 21.6. The van der Waals surface area contributed by atoms with E-state index in [9.17, 15) is 9.59 Å². The van der Waals surface area contributed by atoms with E-state index in [4.69, 9.17) is 20.1 Å². The first-order valence-corrected chi connectivity index (χ1v) is 9.11. The Balaban J connectivity index is 2.01. The van der Waals surface area contributed by atoms with Gasteiger partial charge in [0.1, 0.15) is 11.7 Å². The molecule has 2 aromatic rings. The molecule has 0 amide bonds. The third-order valence-corrected chi connectivity index (χ3v) is 4.58. The van der Waals surface area contributed by atoms with Crippen molar-refractivity contribution >= 4 is 17.5 Å². The molecule has 8 nitrogen and oxygen atoms in total. The van der Waals surface area contributed by atoms with Crippen molar-refractivity contribution in [2.45, 2.75) is 33.6 Å². The van der Waals surface area contributed by atoms with Crippen molar-refractivity contribution in [2.24, 2.45) is 5.92 Å². The van der Waals surface area contributed by atoms with Crippen LogP contribution in [-0.4, -0.2) is 41.0 Å². The summed E-state index contributed by atoms with van der Waals surface area (Å²) in [5.74, 6) is -1.58. The molecule has 1 N–H and O–H groups in total. The van der Waals surface area contributed by atoms with Gasteiger partial charge in [-0.2, -0.15) is 10.4 Å². The number of methoxy groups -OCH3 is 1. The standard InChI is InChI=1S/C21H24N4O4/c1-13(23)19(11-22)20(26)12-29-21(27)9-8-18-14(2)24-25(15(18)3)16-6-5-7-17(10-16)28-4/h5-7,10,19,23H,8-9,12H2,1-4H3/t19-/m0/s1. The number of nitrogens with one attached hydrogen (secondary N) is 1. The number of ketones is 1. The minimum atomic E-state index is -1.17. The first-order valence-electron chi connectivity index (χ1n) is 9.11. The number of Topliss-reactive ketones (excluding diaryl/α,β-unsaturated/α-hetero) is 1. The van der Waals surface area contributed by atoms with Gasteiger partial charge < -0.3 is 14.9 Å². The molecular weight excluding hydrogens is 372 g/mol. The molecule has 0 aliphatic rings. The molecule has 0 fully saturated rings. The average molecular weight is 396 g/mol. The molecule has 1 aromatic heterocycles. The van der Waals surface area contributed by atoms with E-state index in [1.54, 1.807) is 17.9 Å².